The summed E-state index contributed by atoms with van der Waals surface area (Å²) in [5, 5.41) is 6.47. The van der Waals surface area contributed by atoms with Gasteiger partial charge in [0.05, 0.1) is 23.0 Å². The fourth-order valence-electron chi connectivity index (χ4n) is 2.78. The van der Waals surface area contributed by atoms with Gasteiger partial charge < -0.3 is 9.50 Å². The number of rotatable bonds is 7. The Labute approximate surface area is 190 Å². The molecule has 1 aromatic carbocycles. The molecule has 3 aromatic rings. The molecule has 0 aliphatic rings. The summed E-state index contributed by atoms with van der Waals surface area (Å²) in [4.78, 5) is 12.6. The highest BCUT2D eigenvalue weighted by molar-refractivity contribution is 7.92. The largest absolute Gasteiger partial charge is 0.534 e. The molecule has 0 spiro atoms. The van der Waals surface area contributed by atoms with E-state index in [9.17, 15) is 39.2 Å². The smallest absolute Gasteiger partial charge is 0.374 e. The van der Waals surface area contributed by atoms with E-state index in [-0.39, 0.29) is 22.3 Å². The maximum atomic E-state index is 13.3. The van der Waals surface area contributed by atoms with Crippen LogP contribution in [0.4, 0.5) is 23.2 Å². The number of hydrogen-bond donors (Lipinski definition) is 2. The van der Waals surface area contributed by atoms with Crippen molar-refractivity contribution in [3.8, 4) is 17.0 Å². The minimum atomic E-state index is -6.20. The first-order valence-electron chi connectivity index (χ1n) is 9.24. The quantitative estimate of drug-likeness (QED) is 0.275. The van der Waals surface area contributed by atoms with E-state index in [1.807, 2.05) is 4.72 Å². The number of pyridine rings is 1. The summed E-state index contributed by atoms with van der Waals surface area (Å²) in [6.07, 6.45) is 0.850. The minimum Gasteiger partial charge on any atom is -0.374 e. The van der Waals surface area contributed by atoms with Gasteiger partial charge in [-0.1, -0.05) is 0 Å². The molecule has 2 N–H and O–H groups in total. The second kappa shape index (κ2) is 8.75. The van der Waals surface area contributed by atoms with Gasteiger partial charge in [0.2, 0.25) is 10.0 Å². The van der Waals surface area contributed by atoms with E-state index in [0.29, 0.717) is 0 Å². The van der Waals surface area contributed by atoms with Crippen LogP contribution in [0.1, 0.15) is 17.3 Å². The van der Waals surface area contributed by atoms with Crippen molar-refractivity contribution < 1.29 is 43.4 Å². The predicted molar refractivity (Wildman–Crippen MR) is 113 cm³/mol. The third-order valence-electron chi connectivity index (χ3n) is 4.43. The monoisotopic (exact) mass is 524 g/mol. The molecule has 184 valence electrons. The molecule has 16 heteroatoms. The number of alkyl halides is 3. The number of nitrogens with zero attached hydrogens (tertiary/aromatic N) is 2. The summed E-state index contributed by atoms with van der Waals surface area (Å²) in [5.74, 6) is -2.89. The highest BCUT2D eigenvalue weighted by Gasteiger charge is 2.49. The minimum absolute atomic E-state index is 0.0422. The van der Waals surface area contributed by atoms with E-state index in [0.717, 1.165) is 28.9 Å². The second-order valence-electron chi connectivity index (χ2n) is 6.68. The van der Waals surface area contributed by atoms with E-state index in [2.05, 4.69) is 14.6 Å². The normalized spacial score (nSPS) is 12.5. The summed E-state index contributed by atoms with van der Waals surface area (Å²) in [6, 6.07) is 5.46. The lowest BCUT2D eigenvalue weighted by atomic mass is 10.1. The second-order valence-corrected chi connectivity index (χ2v) is 10.2. The zero-order chi connectivity index (χ0) is 25.5. The molecule has 0 saturated carbocycles. The Balaban J connectivity index is 2.34. The van der Waals surface area contributed by atoms with E-state index >= 15 is 0 Å². The van der Waals surface area contributed by atoms with Crippen LogP contribution >= 0.6 is 0 Å². The lowest BCUT2D eigenvalue weighted by Crippen LogP contribution is -2.28. The van der Waals surface area contributed by atoms with Gasteiger partial charge in [0.25, 0.3) is 5.91 Å². The Bertz CT molecular complexity index is 1470. The number of fused-ring (bicyclic) bond motifs is 1. The Morgan fingerprint density at radius 3 is 2.29 bits per heavy atom. The standard InChI is InChI=1S/C18H16F4N4O6S2/c1-3-33(28,29)25-12-9-26-13(8-14(12)32-34(30,31)18(20,21)22)15(17(27)23-2)16(24-26)10-4-6-11(19)7-5-10/h4-9,25H,3H2,1-2H3,(H,23,27). The maximum absolute atomic E-state index is 13.3. The van der Waals surface area contributed by atoms with Crippen LogP contribution in [0.15, 0.2) is 36.5 Å². The Morgan fingerprint density at radius 1 is 1.15 bits per heavy atom. The molecule has 0 atom stereocenters. The number of anilines is 1. The zero-order valence-corrected chi connectivity index (χ0v) is 19.0. The van der Waals surface area contributed by atoms with Gasteiger partial charge in [-0.15, -0.1) is 0 Å². The van der Waals surface area contributed by atoms with Crippen molar-refractivity contribution in [2.45, 2.75) is 12.4 Å². The summed E-state index contributed by atoms with van der Waals surface area (Å²) < 4.78 is 106. The Morgan fingerprint density at radius 2 is 1.76 bits per heavy atom. The molecule has 34 heavy (non-hydrogen) atoms. The van der Waals surface area contributed by atoms with Crippen molar-refractivity contribution in [2.24, 2.45) is 0 Å². The van der Waals surface area contributed by atoms with Gasteiger partial charge in [0.1, 0.15) is 17.2 Å². The van der Waals surface area contributed by atoms with Crippen LogP contribution in [0.5, 0.6) is 5.75 Å². The van der Waals surface area contributed by atoms with Crippen LogP contribution in [0.25, 0.3) is 16.8 Å². The molecule has 0 unspecified atom stereocenters. The number of nitrogens with one attached hydrogen (secondary N) is 2. The zero-order valence-electron chi connectivity index (χ0n) is 17.3. The lowest BCUT2D eigenvalue weighted by molar-refractivity contribution is -0.0499. The van der Waals surface area contributed by atoms with Crippen molar-refractivity contribution in [1.82, 2.24) is 14.9 Å². The first-order chi connectivity index (χ1) is 15.7. The van der Waals surface area contributed by atoms with Gasteiger partial charge in [-0.3, -0.25) is 9.52 Å². The number of hydrogen-bond acceptors (Lipinski definition) is 7. The van der Waals surface area contributed by atoms with Crippen molar-refractivity contribution in [2.75, 3.05) is 17.5 Å². The van der Waals surface area contributed by atoms with Crippen molar-refractivity contribution in [3.63, 3.8) is 0 Å². The number of benzene rings is 1. The topological polar surface area (TPSA) is 136 Å². The molecule has 2 heterocycles. The number of halogens is 4. The fourth-order valence-corrected chi connectivity index (χ4v) is 3.88. The summed E-state index contributed by atoms with van der Waals surface area (Å²) in [6.45, 7) is 1.23. The average Bonchev–Trinajstić information content (AvgIpc) is 3.10. The molecule has 1 amide bonds. The van der Waals surface area contributed by atoms with Gasteiger partial charge in [0, 0.05) is 18.7 Å². The van der Waals surface area contributed by atoms with E-state index < -0.39 is 54.6 Å². The van der Waals surface area contributed by atoms with Crippen LogP contribution in [-0.2, 0) is 20.1 Å². The molecule has 0 saturated heterocycles. The van der Waals surface area contributed by atoms with Gasteiger partial charge in [-0.2, -0.15) is 26.7 Å². The SMILES string of the molecule is CCS(=O)(=O)Nc1cn2nc(-c3ccc(F)cc3)c(C(=O)NC)c2cc1OS(=O)(=O)C(F)(F)F. The summed E-state index contributed by atoms with van der Waals surface area (Å²) in [5.41, 5.74) is -6.73. The molecule has 0 radical (unpaired) electrons. The van der Waals surface area contributed by atoms with Gasteiger partial charge in [-0.25, -0.2) is 17.3 Å². The number of carbonyl (C=O) groups excluding carboxylic acids is 1. The average molecular weight is 524 g/mol. The molecule has 0 bridgehead atoms. The molecule has 0 aliphatic carbocycles. The number of sulfonamides is 1. The van der Waals surface area contributed by atoms with Crippen molar-refractivity contribution >= 4 is 37.3 Å². The summed E-state index contributed by atoms with van der Waals surface area (Å²) >= 11 is 0. The van der Waals surface area contributed by atoms with E-state index in [1.54, 1.807) is 0 Å². The molecular formula is C18H16F4N4O6S2. The molecule has 10 nitrogen and oxygen atoms in total. The molecule has 0 fully saturated rings. The van der Waals surface area contributed by atoms with Crippen LogP contribution in [0.3, 0.4) is 0 Å². The highest BCUT2D eigenvalue weighted by atomic mass is 32.2. The maximum Gasteiger partial charge on any atom is 0.534 e. The van der Waals surface area contributed by atoms with Crippen molar-refractivity contribution in [3.05, 3.63) is 47.9 Å². The van der Waals surface area contributed by atoms with Crippen LogP contribution in [0, 0.1) is 5.82 Å². The molecule has 3 rings (SSSR count). The molecule has 2 aromatic heterocycles. The van der Waals surface area contributed by atoms with Gasteiger partial charge in [0.15, 0.2) is 5.75 Å². The van der Waals surface area contributed by atoms with Crippen molar-refractivity contribution in [1.29, 1.82) is 0 Å². The Kier molecular flexibility index (Phi) is 6.49. The third kappa shape index (κ3) is 4.91. The number of aromatic nitrogens is 2. The third-order valence-corrected chi connectivity index (χ3v) is 6.69. The summed E-state index contributed by atoms with van der Waals surface area (Å²) in [7, 11) is -9.04. The first-order valence-corrected chi connectivity index (χ1v) is 12.3. The van der Waals surface area contributed by atoms with E-state index in [4.69, 9.17) is 0 Å². The number of carbonyl (C=O) groups is 1. The highest BCUT2D eigenvalue weighted by Crippen LogP contribution is 2.36. The number of amides is 1. The Hall–Kier alpha value is -3.40. The fraction of sp³-hybridized carbons (Fsp3) is 0.222. The first kappa shape index (κ1) is 25.2. The van der Waals surface area contributed by atoms with E-state index in [1.165, 1.54) is 26.1 Å². The predicted octanol–water partition coefficient (Wildman–Crippen LogP) is 2.49. The van der Waals surface area contributed by atoms with Gasteiger partial charge >= 0.3 is 15.6 Å². The van der Waals surface area contributed by atoms with Crippen LogP contribution < -0.4 is 14.2 Å². The van der Waals surface area contributed by atoms with Crippen LogP contribution in [0.2, 0.25) is 0 Å². The van der Waals surface area contributed by atoms with Gasteiger partial charge in [-0.05, 0) is 31.2 Å². The molecule has 0 aliphatic heterocycles. The van der Waals surface area contributed by atoms with Crippen LogP contribution in [-0.4, -0.2) is 50.7 Å². The molecular weight excluding hydrogens is 508 g/mol. The lowest BCUT2D eigenvalue weighted by Gasteiger charge is -2.14.